The van der Waals surface area contributed by atoms with Gasteiger partial charge in [0.2, 0.25) is 11.8 Å². The summed E-state index contributed by atoms with van der Waals surface area (Å²) in [4.78, 5) is 36.7. The highest BCUT2D eigenvalue weighted by Crippen LogP contribution is 2.21. The first kappa shape index (κ1) is 16.7. The summed E-state index contributed by atoms with van der Waals surface area (Å²) in [5, 5.41) is 2.60. The van der Waals surface area contributed by atoms with E-state index in [1.165, 1.54) is 6.92 Å². The van der Waals surface area contributed by atoms with Crippen LogP contribution in [0.2, 0.25) is 0 Å². The second kappa shape index (κ2) is 7.58. The van der Waals surface area contributed by atoms with Crippen LogP contribution in [0.25, 0.3) is 6.08 Å². The SMILES string of the molecule is CC(=O)N/C(=C\c1ccccc1)C(=O)N1CCC(CC(N)=O)C1. The van der Waals surface area contributed by atoms with Gasteiger partial charge in [-0.2, -0.15) is 0 Å². The zero-order chi connectivity index (χ0) is 16.8. The van der Waals surface area contributed by atoms with Crippen molar-refractivity contribution >= 4 is 23.8 Å². The van der Waals surface area contributed by atoms with Crippen LogP contribution in [0.1, 0.15) is 25.3 Å². The molecule has 1 aliphatic heterocycles. The maximum atomic E-state index is 12.6. The van der Waals surface area contributed by atoms with E-state index in [-0.39, 0.29) is 35.8 Å². The average Bonchev–Trinajstić information content (AvgIpc) is 2.94. The van der Waals surface area contributed by atoms with Gasteiger partial charge in [-0.15, -0.1) is 0 Å². The standard InChI is InChI=1S/C17H21N3O3/c1-12(21)19-15(9-13-5-3-2-4-6-13)17(23)20-8-7-14(11-20)10-16(18)22/h2-6,9,14H,7-8,10-11H2,1H3,(H2,18,22)(H,19,21)/b15-9-. The minimum Gasteiger partial charge on any atom is -0.370 e. The Kier molecular flexibility index (Phi) is 5.51. The number of rotatable bonds is 5. The lowest BCUT2D eigenvalue weighted by Crippen LogP contribution is -2.36. The monoisotopic (exact) mass is 315 g/mol. The highest BCUT2D eigenvalue weighted by atomic mass is 16.2. The number of hydrogen-bond donors (Lipinski definition) is 2. The third kappa shape index (κ3) is 4.95. The zero-order valence-corrected chi connectivity index (χ0v) is 13.1. The maximum absolute atomic E-state index is 12.6. The van der Waals surface area contributed by atoms with Crippen LogP contribution < -0.4 is 11.1 Å². The van der Waals surface area contributed by atoms with Crippen molar-refractivity contribution in [3.63, 3.8) is 0 Å². The van der Waals surface area contributed by atoms with Crippen molar-refractivity contribution in [3.8, 4) is 0 Å². The zero-order valence-electron chi connectivity index (χ0n) is 13.1. The van der Waals surface area contributed by atoms with Crippen LogP contribution in [0, 0.1) is 5.92 Å². The van der Waals surface area contributed by atoms with Gasteiger partial charge >= 0.3 is 0 Å². The van der Waals surface area contributed by atoms with Gasteiger partial charge in [0.05, 0.1) is 0 Å². The predicted molar refractivity (Wildman–Crippen MR) is 86.7 cm³/mol. The van der Waals surface area contributed by atoms with Gasteiger partial charge in [0.15, 0.2) is 0 Å². The Labute approximate surface area is 135 Å². The molecule has 1 heterocycles. The summed E-state index contributed by atoms with van der Waals surface area (Å²) in [7, 11) is 0. The van der Waals surface area contributed by atoms with E-state index >= 15 is 0 Å². The molecule has 0 bridgehead atoms. The van der Waals surface area contributed by atoms with Gasteiger partial charge in [-0.3, -0.25) is 14.4 Å². The Morgan fingerprint density at radius 1 is 1.30 bits per heavy atom. The summed E-state index contributed by atoms with van der Waals surface area (Å²) in [6.45, 7) is 2.40. The Balaban J connectivity index is 2.13. The van der Waals surface area contributed by atoms with Crippen molar-refractivity contribution in [1.29, 1.82) is 0 Å². The Morgan fingerprint density at radius 2 is 2.00 bits per heavy atom. The fraction of sp³-hybridized carbons (Fsp3) is 0.353. The highest BCUT2D eigenvalue weighted by Gasteiger charge is 2.29. The Bertz CT molecular complexity index is 625. The number of benzene rings is 1. The molecule has 0 radical (unpaired) electrons. The molecule has 1 atom stereocenters. The second-order valence-electron chi connectivity index (χ2n) is 5.73. The first-order chi connectivity index (χ1) is 11.0. The molecule has 3 N–H and O–H groups in total. The minimum absolute atomic E-state index is 0.0896. The number of likely N-dealkylation sites (tertiary alicyclic amines) is 1. The molecule has 2 rings (SSSR count). The van der Waals surface area contributed by atoms with E-state index in [9.17, 15) is 14.4 Å². The van der Waals surface area contributed by atoms with Crippen LogP contribution in [0.3, 0.4) is 0 Å². The number of amides is 3. The molecule has 1 fully saturated rings. The maximum Gasteiger partial charge on any atom is 0.270 e. The van der Waals surface area contributed by atoms with Gasteiger partial charge in [-0.05, 0) is 24.0 Å². The molecule has 3 amide bonds. The smallest absolute Gasteiger partial charge is 0.270 e. The molecule has 1 aromatic rings. The van der Waals surface area contributed by atoms with Crippen LogP contribution in [-0.4, -0.2) is 35.7 Å². The molecule has 0 spiro atoms. The van der Waals surface area contributed by atoms with Crippen molar-refractivity contribution in [1.82, 2.24) is 10.2 Å². The van der Waals surface area contributed by atoms with E-state index in [1.54, 1.807) is 11.0 Å². The van der Waals surface area contributed by atoms with Gasteiger partial charge in [0, 0.05) is 26.4 Å². The lowest BCUT2D eigenvalue weighted by atomic mass is 10.1. The lowest BCUT2D eigenvalue weighted by molar-refractivity contribution is -0.128. The Morgan fingerprint density at radius 3 is 2.61 bits per heavy atom. The summed E-state index contributed by atoms with van der Waals surface area (Å²) in [6, 6.07) is 9.32. The predicted octanol–water partition coefficient (Wildman–Crippen LogP) is 0.888. The van der Waals surface area contributed by atoms with Crippen LogP contribution in [0.4, 0.5) is 0 Å². The Hall–Kier alpha value is -2.63. The number of hydrogen-bond acceptors (Lipinski definition) is 3. The molecule has 6 heteroatoms. The summed E-state index contributed by atoms with van der Waals surface area (Å²) in [5.74, 6) is -0.803. The molecule has 1 aromatic carbocycles. The second-order valence-corrected chi connectivity index (χ2v) is 5.73. The summed E-state index contributed by atoms with van der Waals surface area (Å²) < 4.78 is 0. The quantitative estimate of drug-likeness (QED) is 0.790. The molecule has 0 saturated carbocycles. The third-order valence-corrected chi connectivity index (χ3v) is 3.71. The normalized spacial score (nSPS) is 17.9. The van der Waals surface area contributed by atoms with E-state index in [0.717, 1.165) is 12.0 Å². The van der Waals surface area contributed by atoms with Crippen LogP contribution in [0.5, 0.6) is 0 Å². The van der Waals surface area contributed by atoms with Crippen molar-refractivity contribution in [2.24, 2.45) is 11.7 Å². The van der Waals surface area contributed by atoms with E-state index in [0.29, 0.717) is 13.1 Å². The van der Waals surface area contributed by atoms with Gasteiger partial charge in [-0.25, -0.2) is 0 Å². The van der Waals surface area contributed by atoms with E-state index in [1.807, 2.05) is 30.3 Å². The van der Waals surface area contributed by atoms with Crippen LogP contribution in [0.15, 0.2) is 36.0 Å². The minimum atomic E-state index is -0.355. The van der Waals surface area contributed by atoms with Gasteiger partial charge in [-0.1, -0.05) is 30.3 Å². The molecular weight excluding hydrogens is 294 g/mol. The summed E-state index contributed by atoms with van der Waals surface area (Å²) in [5.41, 5.74) is 6.28. The number of nitrogens with one attached hydrogen (secondary N) is 1. The number of carbonyl (C=O) groups excluding carboxylic acids is 3. The largest absolute Gasteiger partial charge is 0.370 e. The molecule has 6 nitrogen and oxygen atoms in total. The molecule has 0 aromatic heterocycles. The summed E-state index contributed by atoms with van der Waals surface area (Å²) in [6.07, 6.45) is 2.68. The van der Waals surface area contributed by atoms with E-state index < -0.39 is 0 Å². The highest BCUT2D eigenvalue weighted by molar-refractivity contribution is 6.01. The van der Waals surface area contributed by atoms with Crippen LogP contribution in [-0.2, 0) is 14.4 Å². The molecule has 23 heavy (non-hydrogen) atoms. The number of nitrogens with zero attached hydrogens (tertiary/aromatic N) is 1. The van der Waals surface area contributed by atoms with Crippen LogP contribution >= 0.6 is 0 Å². The van der Waals surface area contributed by atoms with Crippen molar-refractivity contribution in [2.75, 3.05) is 13.1 Å². The molecular formula is C17H21N3O3. The topological polar surface area (TPSA) is 92.5 Å². The molecule has 1 unspecified atom stereocenters. The lowest BCUT2D eigenvalue weighted by Gasteiger charge is -2.18. The fourth-order valence-corrected chi connectivity index (χ4v) is 2.70. The first-order valence-electron chi connectivity index (χ1n) is 7.57. The van der Waals surface area contributed by atoms with Gasteiger partial charge in [0.25, 0.3) is 5.91 Å². The number of carbonyl (C=O) groups is 3. The van der Waals surface area contributed by atoms with Gasteiger partial charge < -0.3 is 16.0 Å². The molecule has 1 saturated heterocycles. The van der Waals surface area contributed by atoms with Gasteiger partial charge in [0.1, 0.15) is 5.70 Å². The van der Waals surface area contributed by atoms with Crippen molar-refractivity contribution in [3.05, 3.63) is 41.6 Å². The number of primary amides is 1. The fourth-order valence-electron chi connectivity index (χ4n) is 2.70. The van der Waals surface area contributed by atoms with Crippen molar-refractivity contribution in [2.45, 2.75) is 19.8 Å². The van der Waals surface area contributed by atoms with E-state index in [2.05, 4.69) is 5.32 Å². The molecule has 1 aliphatic rings. The third-order valence-electron chi connectivity index (χ3n) is 3.71. The number of nitrogens with two attached hydrogens (primary N) is 1. The first-order valence-corrected chi connectivity index (χ1v) is 7.57. The average molecular weight is 315 g/mol. The van der Waals surface area contributed by atoms with E-state index in [4.69, 9.17) is 5.73 Å². The molecule has 0 aliphatic carbocycles. The summed E-state index contributed by atoms with van der Waals surface area (Å²) >= 11 is 0. The van der Waals surface area contributed by atoms with Crippen molar-refractivity contribution < 1.29 is 14.4 Å². The molecule has 122 valence electrons.